The molecule has 0 saturated carbocycles. The predicted octanol–water partition coefficient (Wildman–Crippen LogP) is 2.22. The van der Waals surface area contributed by atoms with Gasteiger partial charge < -0.3 is 9.31 Å². The summed E-state index contributed by atoms with van der Waals surface area (Å²) in [6.45, 7) is 8.07. The zero-order chi connectivity index (χ0) is 15.3. The summed E-state index contributed by atoms with van der Waals surface area (Å²) in [7, 11) is -0.501. The van der Waals surface area contributed by atoms with Gasteiger partial charge in [0.15, 0.2) is 5.82 Å². The van der Waals surface area contributed by atoms with Crippen LogP contribution >= 0.6 is 11.6 Å². The highest BCUT2D eigenvalue weighted by atomic mass is 35.5. The molecule has 0 amide bonds. The van der Waals surface area contributed by atoms with Crippen molar-refractivity contribution in [2.45, 2.75) is 38.9 Å². The van der Waals surface area contributed by atoms with Gasteiger partial charge in [-0.2, -0.15) is 5.10 Å². The van der Waals surface area contributed by atoms with Crippen molar-refractivity contribution in [3.8, 4) is 5.82 Å². The van der Waals surface area contributed by atoms with Crippen LogP contribution in [0, 0.1) is 0 Å². The van der Waals surface area contributed by atoms with E-state index in [0.717, 1.165) is 5.46 Å². The normalized spacial score (nSPS) is 20.0. The predicted molar refractivity (Wildman–Crippen MR) is 82.1 cm³/mol. The first-order chi connectivity index (χ1) is 9.80. The number of aromatic nitrogens is 3. The van der Waals surface area contributed by atoms with E-state index < -0.39 is 18.3 Å². The highest BCUT2D eigenvalue weighted by molar-refractivity contribution is 6.63. The molecule has 0 aromatic carbocycles. The minimum atomic E-state index is -0.501. The van der Waals surface area contributed by atoms with Gasteiger partial charge in [-0.25, -0.2) is 9.67 Å². The SMILES string of the molecule is CC1(C)OB(c2ccc(Cl)nc2-n2cccn2)OC1(C)C. The van der Waals surface area contributed by atoms with Crippen molar-refractivity contribution < 1.29 is 9.31 Å². The van der Waals surface area contributed by atoms with Crippen LogP contribution in [0.25, 0.3) is 5.82 Å². The largest absolute Gasteiger partial charge is 0.498 e. The number of halogens is 1. The molecule has 0 spiro atoms. The van der Waals surface area contributed by atoms with Crippen LogP contribution in [0.1, 0.15) is 27.7 Å². The lowest BCUT2D eigenvalue weighted by Gasteiger charge is -2.32. The lowest BCUT2D eigenvalue weighted by molar-refractivity contribution is 0.00578. The second kappa shape index (κ2) is 4.83. The summed E-state index contributed by atoms with van der Waals surface area (Å²) in [4.78, 5) is 4.36. The highest BCUT2D eigenvalue weighted by Gasteiger charge is 2.52. The molecule has 0 N–H and O–H groups in total. The molecule has 0 radical (unpaired) electrons. The quantitative estimate of drug-likeness (QED) is 0.630. The average molecular weight is 306 g/mol. The Kier molecular flexibility index (Phi) is 3.35. The molecule has 1 fully saturated rings. The summed E-state index contributed by atoms with van der Waals surface area (Å²) < 4.78 is 13.8. The average Bonchev–Trinajstić information content (AvgIpc) is 2.96. The monoisotopic (exact) mass is 305 g/mol. The molecule has 2 aromatic rings. The van der Waals surface area contributed by atoms with Gasteiger partial charge in [0, 0.05) is 17.9 Å². The van der Waals surface area contributed by atoms with E-state index in [9.17, 15) is 0 Å². The third-order valence-corrected chi connectivity index (χ3v) is 4.31. The Bertz CT molecular complexity index is 642. The first-order valence-electron chi connectivity index (χ1n) is 6.82. The third-order valence-electron chi connectivity index (χ3n) is 4.10. The Morgan fingerprint density at radius 1 is 1.14 bits per heavy atom. The van der Waals surface area contributed by atoms with E-state index in [1.54, 1.807) is 16.9 Å². The van der Waals surface area contributed by atoms with Crippen molar-refractivity contribution in [3.05, 3.63) is 35.7 Å². The summed E-state index contributed by atoms with van der Waals surface area (Å²) in [5.74, 6) is 0.617. The van der Waals surface area contributed by atoms with E-state index in [2.05, 4.69) is 10.1 Å². The van der Waals surface area contributed by atoms with Crippen LogP contribution in [0.15, 0.2) is 30.6 Å². The van der Waals surface area contributed by atoms with Crippen molar-refractivity contribution in [2.75, 3.05) is 0 Å². The lowest BCUT2D eigenvalue weighted by atomic mass is 9.79. The van der Waals surface area contributed by atoms with Gasteiger partial charge in [-0.15, -0.1) is 0 Å². The Hall–Kier alpha value is -1.37. The molecule has 1 aliphatic heterocycles. The van der Waals surface area contributed by atoms with Crippen molar-refractivity contribution in [1.82, 2.24) is 14.8 Å². The smallest absolute Gasteiger partial charge is 0.399 e. The van der Waals surface area contributed by atoms with E-state index >= 15 is 0 Å². The van der Waals surface area contributed by atoms with Crippen LogP contribution in [0.5, 0.6) is 0 Å². The lowest BCUT2D eigenvalue weighted by Crippen LogP contribution is -2.41. The molecule has 1 saturated heterocycles. The molecule has 110 valence electrons. The maximum absolute atomic E-state index is 6.08. The van der Waals surface area contributed by atoms with Crippen LogP contribution in [0.4, 0.5) is 0 Å². The molecule has 7 heteroatoms. The van der Waals surface area contributed by atoms with E-state index in [0.29, 0.717) is 11.0 Å². The molecule has 0 bridgehead atoms. The Balaban J connectivity index is 2.05. The molecule has 21 heavy (non-hydrogen) atoms. The molecule has 3 rings (SSSR count). The van der Waals surface area contributed by atoms with Gasteiger partial charge >= 0.3 is 7.12 Å². The molecule has 5 nitrogen and oxygen atoms in total. The number of pyridine rings is 1. The minimum absolute atomic E-state index is 0.403. The fourth-order valence-electron chi connectivity index (χ4n) is 2.17. The minimum Gasteiger partial charge on any atom is -0.399 e. The number of hydrogen-bond donors (Lipinski definition) is 0. The first kappa shape index (κ1) is 14.6. The molecule has 0 unspecified atom stereocenters. The molecule has 1 aliphatic rings. The number of rotatable bonds is 2. The van der Waals surface area contributed by atoms with Gasteiger partial charge in [0.1, 0.15) is 5.15 Å². The molecule has 3 heterocycles. The van der Waals surface area contributed by atoms with Crippen molar-refractivity contribution >= 4 is 24.2 Å². The zero-order valence-electron chi connectivity index (χ0n) is 12.5. The molecular formula is C14H17BClN3O2. The molecular weight excluding hydrogens is 288 g/mol. The second-order valence-electron chi connectivity index (χ2n) is 6.09. The van der Waals surface area contributed by atoms with Gasteiger partial charge in [-0.1, -0.05) is 17.7 Å². The summed E-state index contributed by atoms with van der Waals surface area (Å²) in [5.41, 5.74) is -0.000980. The van der Waals surface area contributed by atoms with Crippen molar-refractivity contribution in [3.63, 3.8) is 0 Å². The van der Waals surface area contributed by atoms with Crippen LogP contribution in [0.3, 0.4) is 0 Å². The maximum Gasteiger partial charge on any atom is 0.498 e. The number of hydrogen-bond acceptors (Lipinski definition) is 4. The van der Waals surface area contributed by atoms with Crippen LogP contribution in [-0.4, -0.2) is 33.1 Å². The fourth-order valence-corrected chi connectivity index (χ4v) is 2.31. The van der Waals surface area contributed by atoms with Crippen LogP contribution < -0.4 is 5.46 Å². The fraction of sp³-hybridized carbons (Fsp3) is 0.429. The topological polar surface area (TPSA) is 49.2 Å². The summed E-state index contributed by atoms with van der Waals surface area (Å²) in [5, 5.41) is 4.62. The molecule has 0 aliphatic carbocycles. The summed E-state index contributed by atoms with van der Waals surface area (Å²) in [6.07, 6.45) is 3.50. The van der Waals surface area contributed by atoms with E-state index in [4.69, 9.17) is 20.9 Å². The zero-order valence-corrected chi connectivity index (χ0v) is 13.3. The third kappa shape index (κ3) is 2.48. The highest BCUT2D eigenvalue weighted by Crippen LogP contribution is 2.36. The van der Waals surface area contributed by atoms with Crippen LogP contribution in [-0.2, 0) is 9.31 Å². The first-order valence-corrected chi connectivity index (χ1v) is 7.20. The molecule has 2 aromatic heterocycles. The van der Waals surface area contributed by atoms with Gasteiger partial charge in [-0.3, -0.25) is 0 Å². The number of nitrogens with zero attached hydrogens (tertiary/aromatic N) is 3. The molecule has 0 atom stereocenters. The van der Waals surface area contributed by atoms with Gasteiger partial charge in [0.05, 0.1) is 11.2 Å². The van der Waals surface area contributed by atoms with Gasteiger partial charge in [0.25, 0.3) is 0 Å². The van der Waals surface area contributed by atoms with E-state index in [1.807, 2.05) is 46.0 Å². The Morgan fingerprint density at radius 3 is 2.38 bits per heavy atom. The second-order valence-corrected chi connectivity index (χ2v) is 6.47. The Labute approximate surface area is 129 Å². The van der Waals surface area contributed by atoms with Crippen LogP contribution in [0.2, 0.25) is 5.15 Å². The maximum atomic E-state index is 6.08. The standard InChI is InChI=1S/C14H17BClN3O2/c1-13(2)14(3,4)21-15(20-13)10-6-7-11(16)18-12(10)19-9-5-8-17-19/h5-9H,1-4H3. The summed E-state index contributed by atoms with van der Waals surface area (Å²) in [6, 6.07) is 5.43. The Morgan fingerprint density at radius 2 is 1.81 bits per heavy atom. The summed E-state index contributed by atoms with van der Waals surface area (Å²) >= 11 is 6.02. The van der Waals surface area contributed by atoms with Crippen molar-refractivity contribution in [2.24, 2.45) is 0 Å². The van der Waals surface area contributed by atoms with Gasteiger partial charge in [0.2, 0.25) is 0 Å². The van der Waals surface area contributed by atoms with Crippen molar-refractivity contribution in [1.29, 1.82) is 0 Å². The van der Waals surface area contributed by atoms with E-state index in [-0.39, 0.29) is 0 Å². The van der Waals surface area contributed by atoms with E-state index in [1.165, 1.54) is 0 Å². The van der Waals surface area contributed by atoms with Gasteiger partial charge in [-0.05, 0) is 39.8 Å².